The number of nitrogens with two attached hydrogens (primary N) is 1. The van der Waals surface area contributed by atoms with Gasteiger partial charge in [-0.1, -0.05) is 13.0 Å². The van der Waals surface area contributed by atoms with Crippen molar-refractivity contribution in [1.82, 2.24) is 0 Å². The predicted octanol–water partition coefficient (Wildman–Crippen LogP) is 2.17. The van der Waals surface area contributed by atoms with Gasteiger partial charge in [-0.2, -0.15) is 4.90 Å². The van der Waals surface area contributed by atoms with E-state index in [9.17, 15) is 9.59 Å². The second-order valence-corrected chi connectivity index (χ2v) is 3.47. The molecule has 0 aliphatic heterocycles. The number of amides is 2. The first-order chi connectivity index (χ1) is 8.56. The summed E-state index contributed by atoms with van der Waals surface area (Å²) in [6, 6.07) is 4.97. The summed E-state index contributed by atoms with van der Waals surface area (Å²) in [6.07, 6.45) is -1.06. The van der Waals surface area contributed by atoms with Crippen LogP contribution in [0.25, 0.3) is 0 Å². The molecule has 2 N–H and O–H groups in total. The van der Waals surface area contributed by atoms with Crippen LogP contribution in [-0.2, 0) is 15.9 Å². The smallest absolute Gasteiger partial charge is 0.423 e. The SMILES string of the molecule is CCc1c(N)cccc1N(C(=O)OC)C(=O)OC. The molecular weight excluding hydrogens is 236 g/mol. The number of carbonyl (C=O) groups excluding carboxylic acids is 2. The quantitative estimate of drug-likeness (QED) is 0.816. The molecular formula is C12H16N2O4. The van der Waals surface area contributed by atoms with Crippen molar-refractivity contribution in [2.75, 3.05) is 24.9 Å². The van der Waals surface area contributed by atoms with E-state index in [0.29, 0.717) is 23.4 Å². The number of hydrogen-bond acceptors (Lipinski definition) is 5. The van der Waals surface area contributed by atoms with Crippen molar-refractivity contribution in [3.63, 3.8) is 0 Å². The van der Waals surface area contributed by atoms with Gasteiger partial charge in [-0.15, -0.1) is 0 Å². The highest BCUT2D eigenvalue weighted by Gasteiger charge is 2.27. The van der Waals surface area contributed by atoms with Gasteiger partial charge < -0.3 is 15.2 Å². The molecule has 1 aromatic carbocycles. The number of imide groups is 1. The molecule has 18 heavy (non-hydrogen) atoms. The molecule has 0 unspecified atom stereocenters. The van der Waals surface area contributed by atoms with Crippen LogP contribution in [0, 0.1) is 0 Å². The van der Waals surface area contributed by atoms with E-state index in [1.54, 1.807) is 18.2 Å². The summed E-state index contributed by atoms with van der Waals surface area (Å²) in [4.78, 5) is 24.1. The third kappa shape index (κ3) is 2.53. The van der Waals surface area contributed by atoms with Crippen LogP contribution in [0.2, 0.25) is 0 Å². The predicted molar refractivity (Wildman–Crippen MR) is 67.5 cm³/mol. The number of anilines is 2. The molecule has 0 aliphatic carbocycles. The Morgan fingerprint density at radius 1 is 1.22 bits per heavy atom. The highest BCUT2D eigenvalue weighted by Crippen LogP contribution is 2.27. The molecule has 0 saturated carbocycles. The van der Waals surface area contributed by atoms with E-state index in [1.165, 1.54) is 14.2 Å². The Kier molecular flexibility index (Phi) is 4.53. The maximum atomic E-state index is 11.7. The number of nitrogens with zero attached hydrogens (tertiary/aromatic N) is 1. The molecule has 2 amide bonds. The molecule has 6 nitrogen and oxygen atoms in total. The third-order valence-corrected chi connectivity index (χ3v) is 2.50. The van der Waals surface area contributed by atoms with Crippen molar-refractivity contribution in [2.45, 2.75) is 13.3 Å². The van der Waals surface area contributed by atoms with Crippen LogP contribution in [0.1, 0.15) is 12.5 Å². The zero-order chi connectivity index (χ0) is 13.7. The van der Waals surface area contributed by atoms with Crippen LogP contribution in [0.4, 0.5) is 21.0 Å². The van der Waals surface area contributed by atoms with E-state index < -0.39 is 12.2 Å². The number of hydrogen-bond donors (Lipinski definition) is 1. The number of rotatable bonds is 2. The molecule has 6 heteroatoms. The molecule has 0 heterocycles. The zero-order valence-electron chi connectivity index (χ0n) is 10.6. The average molecular weight is 252 g/mol. The van der Waals surface area contributed by atoms with Gasteiger partial charge in [-0.05, 0) is 24.1 Å². The monoisotopic (exact) mass is 252 g/mol. The molecule has 1 aromatic rings. The average Bonchev–Trinajstić information content (AvgIpc) is 2.38. The van der Waals surface area contributed by atoms with Crippen LogP contribution in [0.5, 0.6) is 0 Å². The van der Waals surface area contributed by atoms with Gasteiger partial charge in [-0.3, -0.25) is 0 Å². The summed E-state index contributed by atoms with van der Waals surface area (Å²) in [7, 11) is 2.38. The minimum absolute atomic E-state index is 0.371. The Hall–Kier alpha value is -2.24. The first-order valence-electron chi connectivity index (χ1n) is 5.40. The topological polar surface area (TPSA) is 81.9 Å². The number of methoxy groups -OCH3 is 2. The van der Waals surface area contributed by atoms with Gasteiger partial charge in [0.15, 0.2) is 0 Å². The number of ether oxygens (including phenoxy) is 2. The normalized spacial score (nSPS) is 9.72. The first-order valence-corrected chi connectivity index (χ1v) is 5.40. The van der Waals surface area contributed by atoms with Crippen LogP contribution in [-0.4, -0.2) is 26.4 Å². The second kappa shape index (κ2) is 5.90. The molecule has 0 fully saturated rings. The Morgan fingerprint density at radius 2 is 1.78 bits per heavy atom. The highest BCUT2D eigenvalue weighted by molar-refractivity contribution is 6.10. The molecule has 0 aliphatic rings. The van der Waals surface area contributed by atoms with Gasteiger partial charge in [-0.25, -0.2) is 9.59 Å². The lowest BCUT2D eigenvalue weighted by Gasteiger charge is -2.21. The molecule has 1 rings (SSSR count). The van der Waals surface area contributed by atoms with Gasteiger partial charge >= 0.3 is 12.2 Å². The Bertz CT molecular complexity index is 443. The van der Waals surface area contributed by atoms with Crippen LogP contribution in [0.3, 0.4) is 0 Å². The fraction of sp³-hybridized carbons (Fsp3) is 0.333. The molecule has 0 saturated heterocycles. The largest absolute Gasteiger partial charge is 0.452 e. The van der Waals surface area contributed by atoms with E-state index in [0.717, 1.165) is 4.90 Å². The van der Waals surface area contributed by atoms with Crippen molar-refractivity contribution >= 4 is 23.6 Å². The van der Waals surface area contributed by atoms with Gasteiger partial charge in [0.25, 0.3) is 0 Å². The lowest BCUT2D eigenvalue weighted by atomic mass is 10.1. The van der Waals surface area contributed by atoms with E-state index in [2.05, 4.69) is 9.47 Å². The Balaban J connectivity index is 3.33. The molecule has 0 aromatic heterocycles. The van der Waals surface area contributed by atoms with Crippen molar-refractivity contribution in [2.24, 2.45) is 0 Å². The van der Waals surface area contributed by atoms with E-state index >= 15 is 0 Å². The van der Waals surface area contributed by atoms with Crippen LogP contribution < -0.4 is 10.6 Å². The Labute approximate surface area is 105 Å². The van der Waals surface area contributed by atoms with Gasteiger partial charge in [0.05, 0.1) is 19.9 Å². The van der Waals surface area contributed by atoms with E-state index in [1.807, 2.05) is 6.92 Å². The lowest BCUT2D eigenvalue weighted by Crippen LogP contribution is -2.37. The van der Waals surface area contributed by atoms with E-state index in [-0.39, 0.29) is 0 Å². The second-order valence-electron chi connectivity index (χ2n) is 3.47. The fourth-order valence-corrected chi connectivity index (χ4v) is 1.64. The summed E-state index contributed by atoms with van der Waals surface area (Å²) in [5.74, 6) is 0. The van der Waals surface area contributed by atoms with Crippen molar-refractivity contribution in [3.8, 4) is 0 Å². The highest BCUT2D eigenvalue weighted by atomic mass is 16.6. The van der Waals surface area contributed by atoms with Gasteiger partial charge in [0.1, 0.15) is 0 Å². The minimum Gasteiger partial charge on any atom is -0.452 e. The van der Waals surface area contributed by atoms with Crippen LogP contribution >= 0.6 is 0 Å². The zero-order valence-corrected chi connectivity index (χ0v) is 10.6. The van der Waals surface area contributed by atoms with Crippen molar-refractivity contribution in [1.29, 1.82) is 0 Å². The summed E-state index contributed by atoms with van der Waals surface area (Å²) < 4.78 is 9.15. The Morgan fingerprint density at radius 3 is 2.22 bits per heavy atom. The maximum absolute atomic E-state index is 11.7. The molecule has 0 bridgehead atoms. The summed E-state index contributed by atoms with van der Waals surface area (Å²) in [5, 5.41) is 0. The summed E-state index contributed by atoms with van der Waals surface area (Å²) in [6.45, 7) is 1.88. The summed E-state index contributed by atoms with van der Waals surface area (Å²) in [5.41, 5.74) is 7.39. The molecule has 0 atom stereocenters. The summed E-state index contributed by atoms with van der Waals surface area (Å²) >= 11 is 0. The van der Waals surface area contributed by atoms with Crippen molar-refractivity contribution in [3.05, 3.63) is 23.8 Å². The third-order valence-electron chi connectivity index (χ3n) is 2.50. The van der Waals surface area contributed by atoms with Crippen molar-refractivity contribution < 1.29 is 19.1 Å². The van der Waals surface area contributed by atoms with Gasteiger partial charge in [0.2, 0.25) is 0 Å². The minimum atomic E-state index is -0.817. The fourth-order valence-electron chi connectivity index (χ4n) is 1.64. The van der Waals surface area contributed by atoms with Gasteiger partial charge in [0, 0.05) is 5.69 Å². The first kappa shape index (κ1) is 13.8. The lowest BCUT2D eigenvalue weighted by molar-refractivity contribution is 0.159. The number of carbonyl (C=O) groups is 2. The standard InChI is InChI=1S/C12H16N2O4/c1-4-8-9(13)6-5-7-10(8)14(11(15)17-2)12(16)18-3/h5-7H,4,13H2,1-3H3. The van der Waals surface area contributed by atoms with E-state index in [4.69, 9.17) is 5.73 Å². The molecule has 0 spiro atoms. The maximum Gasteiger partial charge on any atom is 0.423 e. The van der Waals surface area contributed by atoms with Crippen LogP contribution in [0.15, 0.2) is 18.2 Å². The number of benzene rings is 1. The molecule has 98 valence electrons. The number of nitrogen functional groups attached to an aromatic ring is 1. The molecule has 0 radical (unpaired) electrons.